The van der Waals surface area contributed by atoms with Crippen molar-refractivity contribution in [2.24, 2.45) is 0 Å². The fraction of sp³-hybridized carbons (Fsp3) is 0.474. The molecule has 2 aromatic rings. The minimum atomic E-state index is -4.09. The summed E-state index contributed by atoms with van der Waals surface area (Å²) in [6, 6.07) is 5.82. The molecular formula is C19H24ClFO4SSi. The Labute approximate surface area is 165 Å². The van der Waals surface area contributed by atoms with E-state index in [-0.39, 0.29) is 21.4 Å². The molecule has 2 aromatic carbocycles. The first-order valence-corrected chi connectivity index (χ1v) is 14.0. The molecule has 0 bridgehead atoms. The van der Waals surface area contributed by atoms with E-state index in [0.29, 0.717) is 29.7 Å². The normalized spacial score (nSPS) is 18.3. The van der Waals surface area contributed by atoms with Gasteiger partial charge in [-0.1, -0.05) is 32.9 Å². The van der Waals surface area contributed by atoms with E-state index in [9.17, 15) is 12.8 Å². The largest absolute Gasteiger partial charge is 0.492 e. The summed E-state index contributed by atoms with van der Waals surface area (Å²) in [5.41, 5.74) is 0.625. The van der Waals surface area contributed by atoms with Crippen LogP contribution in [-0.4, -0.2) is 23.3 Å². The fourth-order valence-corrected chi connectivity index (χ4v) is 5.47. The van der Waals surface area contributed by atoms with Gasteiger partial charge in [0.05, 0.1) is 17.6 Å². The van der Waals surface area contributed by atoms with Crippen molar-refractivity contribution in [3.05, 3.63) is 35.6 Å². The zero-order chi connectivity index (χ0) is 20.2. The topological polar surface area (TPSA) is 52.6 Å². The average molecular weight is 431 g/mol. The predicted molar refractivity (Wildman–Crippen MR) is 108 cm³/mol. The summed E-state index contributed by atoms with van der Waals surface area (Å²) in [7, 11) is -0.665. The van der Waals surface area contributed by atoms with Crippen molar-refractivity contribution in [3.63, 3.8) is 0 Å². The molecule has 3 rings (SSSR count). The van der Waals surface area contributed by atoms with Crippen LogP contribution in [0.15, 0.2) is 29.2 Å². The van der Waals surface area contributed by atoms with Gasteiger partial charge in [-0.2, -0.15) is 0 Å². The number of hydrogen-bond donors (Lipinski definition) is 0. The van der Waals surface area contributed by atoms with E-state index in [1.807, 2.05) is 0 Å². The number of benzene rings is 2. The summed E-state index contributed by atoms with van der Waals surface area (Å²) in [6.07, 6.45) is 0.336. The summed E-state index contributed by atoms with van der Waals surface area (Å²) in [5, 5.41) is 0.371. The number of halogens is 2. The van der Waals surface area contributed by atoms with Crippen molar-refractivity contribution >= 4 is 38.8 Å². The second kappa shape index (κ2) is 6.72. The molecule has 0 radical (unpaired) electrons. The van der Waals surface area contributed by atoms with Crippen molar-refractivity contribution in [2.75, 3.05) is 6.61 Å². The molecule has 8 heteroatoms. The molecule has 4 nitrogen and oxygen atoms in total. The van der Waals surface area contributed by atoms with E-state index in [0.717, 1.165) is 0 Å². The SMILES string of the molecule is CC(C)(C)[Si](C)(C)O[C@@H]1CCOc2c1cc(F)c1c(S(=O)(=O)Cl)cccc21. The maximum Gasteiger partial charge on any atom is 0.262 e. The summed E-state index contributed by atoms with van der Waals surface area (Å²) in [6.45, 7) is 11.2. The molecule has 1 heterocycles. The van der Waals surface area contributed by atoms with Gasteiger partial charge >= 0.3 is 0 Å². The van der Waals surface area contributed by atoms with Crippen LogP contribution < -0.4 is 4.74 Å². The van der Waals surface area contributed by atoms with Gasteiger partial charge in [0.25, 0.3) is 9.05 Å². The number of hydrogen-bond acceptors (Lipinski definition) is 4. The minimum absolute atomic E-state index is 0.0146. The van der Waals surface area contributed by atoms with Gasteiger partial charge in [-0.15, -0.1) is 0 Å². The van der Waals surface area contributed by atoms with E-state index < -0.39 is 23.2 Å². The highest BCUT2D eigenvalue weighted by atomic mass is 35.7. The van der Waals surface area contributed by atoms with Crippen molar-refractivity contribution in [1.82, 2.24) is 0 Å². The summed E-state index contributed by atoms with van der Waals surface area (Å²) >= 11 is 0. The third-order valence-electron chi connectivity index (χ3n) is 5.53. The molecule has 0 saturated heterocycles. The van der Waals surface area contributed by atoms with Crippen molar-refractivity contribution < 1.29 is 22.0 Å². The lowest BCUT2D eigenvalue weighted by Gasteiger charge is -2.41. The molecular weight excluding hydrogens is 407 g/mol. The zero-order valence-corrected chi connectivity index (χ0v) is 18.7. The molecule has 0 amide bonds. The molecule has 0 fully saturated rings. The first-order chi connectivity index (χ1) is 12.3. The lowest BCUT2D eigenvalue weighted by Crippen LogP contribution is -2.42. The number of ether oxygens (including phenoxy) is 1. The first-order valence-electron chi connectivity index (χ1n) is 8.83. The molecule has 0 aromatic heterocycles. The Morgan fingerprint density at radius 2 is 1.96 bits per heavy atom. The molecule has 1 atom stereocenters. The second-order valence-corrected chi connectivity index (χ2v) is 15.7. The van der Waals surface area contributed by atoms with E-state index in [1.54, 1.807) is 12.1 Å². The lowest BCUT2D eigenvalue weighted by atomic mass is 9.98. The van der Waals surface area contributed by atoms with Gasteiger partial charge in [0, 0.05) is 33.4 Å². The Hall–Kier alpha value is -1.15. The first kappa shape index (κ1) is 20.6. The van der Waals surface area contributed by atoms with Crippen LogP contribution in [0.4, 0.5) is 4.39 Å². The van der Waals surface area contributed by atoms with E-state index in [2.05, 4.69) is 33.9 Å². The van der Waals surface area contributed by atoms with Crippen LogP contribution >= 0.6 is 10.7 Å². The van der Waals surface area contributed by atoms with Crippen LogP contribution in [0.25, 0.3) is 10.8 Å². The molecule has 148 valence electrons. The Kier molecular flexibility index (Phi) is 5.12. The molecule has 0 N–H and O–H groups in total. The molecule has 0 spiro atoms. The Morgan fingerprint density at radius 1 is 1.30 bits per heavy atom. The van der Waals surface area contributed by atoms with Crippen LogP contribution in [0.5, 0.6) is 5.75 Å². The second-order valence-electron chi connectivity index (χ2n) is 8.40. The molecule has 1 aliphatic rings. The van der Waals surface area contributed by atoms with Gasteiger partial charge in [0.15, 0.2) is 8.32 Å². The third kappa shape index (κ3) is 3.75. The van der Waals surface area contributed by atoms with E-state index >= 15 is 0 Å². The van der Waals surface area contributed by atoms with Gasteiger partial charge in [0.1, 0.15) is 11.6 Å². The van der Waals surface area contributed by atoms with Crippen LogP contribution in [0.2, 0.25) is 18.1 Å². The van der Waals surface area contributed by atoms with Gasteiger partial charge < -0.3 is 9.16 Å². The predicted octanol–water partition coefficient (Wildman–Crippen LogP) is 5.75. The van der Waals surface area contributed by atoms with Crippen molar-refractivity contribution in [2.45, 2.75) is 56.3 Å². The van der Waals surface area contributed by atoms with Gasteiger partial charge in [-0.3, -0.25) is 0 Å². The van der Waals surface area contributed by atoms with Gasteiger partial charge in [-0.25, -0.2) is 12.8 Å². The maximum absolute atomic E-state index is 15.0. The highest BCUT2D eigenvalue weighted by molar-refractivity contribution is 8.14. The Morgan fingerprint density at radius 3 is 2.56 bits per heavy atom. The smallest absolute Gasteiger partial charge is 0.262 e. The fourth-order valence-electron chi connectivity index (χ4n) is 3.08. The monoisotopic (exact) mass is 430 g/mol. The summed E-state index contributed by atoms with van der Waals surface area (Å²) < 4.78 is 51.1. The molecule has 1 aliphatic heterocycles. The standard InChI is InChI=1S/C19H24ClFO4SSi/c1-19(2,3)27(4,5)25-15-9-10-24-18-12-7-6-8-16(26(20,22)23)17(12)14(21)11-13(15)18/h6-8,11,15H,9-10H2,1-5H3/t15-/m1/s1. The van der Waals surface area contributed by atoms with Crippen LogP contribution in [0, 0.1) is 5.82 Å². The minimum Gasteiger partial charge on any atom is -0.492 e. The highest BCUT2D eigenvalue weighted by Gasteiger charge is 2.41. The van der Waals surface area contributed by atoms with Crippen LogP contribution in [0.3, 0.4) is 0 Å². The van der Waals surface area contributed by atoms with Crippen LogP contribution in [0.1, 0.15) is 38.9 Å². The molecule has 0 unspecified atom stereocenters. The van der Waals surface area contributed by atoms with Gasteiger partial charge in [-0.05, 0) is 30.3 Å². The highest BCUT2D eigenvalue weighted by Crippen LogP contribution is 2.46. The van der Waals surface area contributed by atoms with Crippen molar-refractivity contribution in [1.29, 1.82) is 0 Å². The Bertz CT molecular complexity index is 999. The van der Waals surface area contributed by atoms with E-state index in [4.69, 9.17) is 19.8 Å². The molecule has 27 heavy (non-hydrogen) atoms. The lowest BCUT2D eigenvalue weighted by molar-refractivity contribution is 0.123. The quantitative estimate of drug-likeness (QED) is 0.459. The van der Waals surface area contributed by atoms with Crippen molar-refractivity contribution in [3.8, 4) is 5.75 Å². The average Bonchev–Trinajstić information content (AvgIpc) is 2.53. The summed E-state index contributed by atoms with van der Waals surface area (Å²) in [5.74, 6) is -0.165. The maximum atomic E-state index is 15.0. The summed E-state index contributed by atoms with van der Waals surface area (Å²) in [4.78, 5) is -0.252. The van der Waals surface area contributed by atoms with Gasteiger partial charge in [0.2, 0.25) is 0 Å². The van der Waals surface area contributed by atoms with E-state index in [1.165, 1.54) is 12.1 Å². The van der Waals surface area contributed by atoms with Crippen LogP contribution in [-0.2, 0) is 13.5 Å². The molecule has 0 aliphatic carbocycles. The third-order valence-corrected chi connectivity index (χ3v) is 11.4. The number of fused-ring (bicyclic) bond motifs is 3. The number of rotatable bonds is 3. The molecule has 0 saturated carbocycles. The zero-order valence-electron chi connectivity index (χ0n) is 16.1. The Balaban J connectivity index is 2.19.